The largest absolute Gasteiger partial charge is 1.00 e. The van der Waals surface area contributed by atoms with Crippen molar-refractivity contribution in [3.8, 4) is 0 Å². The number of rotatable bonds is 20. The number of methoxy groups -OCH3 is 1. The topological polar surface area (TPSA) is 189 Å². The number of carbonyl (C=O) groups is 2. The fourth-order valence-electron chi connectivity index (χ4n) is 11.9. The molecule has 0 spiro atoms. The molecule has 6 atom stereocenters. The minimum atomic E-state index is -0.835. The van der Waals surface area contributed by atoms with Crippen LogP contribution in [0.1, 0.15) is 183 Å². The number of fused-ring (bicyclic) bond motifs is 2. The van der Waals surface area contributed by atoms with Crippen molar-refractivity contribution in [2.45, 2.75) is 178 Å². The van der Waals surface area contributed by atoms with Crippen molar-refractivity contribution in [1.29, 1.82) is 0 Å². The summed E-state index contributed by atoms with van der Waals surface area (Å²) in [5.74, 6) is -1.08. The van der Waals surface area contributed by atoms with E-state index < -0.39 is 18.1 Å². The molecular weight excluding hydrogens is 944 g/mol. The summed E-state index contributed by atoms with van der Waals surface area (Å²) >= 11 is 0. The first-order valence-electron chi connectivity index (χ1n) is 28.0. The van der Waals surface area contributed by atoms with Gasteiger partial charge in [-0.25, -0.2) is 4.79 Å². The summed E-state index contributed by atoms with van der Waals surface area (Å²) < 4.78 is 29.7. The zero-order chi connectivity index (χ0) is 50.2. The quantitative estimate of drug-likeness (QED) is 0.0567. The number of carboxylic acids is 1. The van der Waals surface area contributed by atoms with Gasteiger partial charge in [0, 0.05) is 98.9 Å². The number of nitrogens with zero attached hydrogens (tertiary/aromatic N) is 6. The monoisotopic (exact) mass is 1020 g/mol. The van der Waals surface area contributed by atoms with Crippen LogP contribution in [-0.4, -0.2) is 124 Å². The Morgan fingerprint density at radius 2 is 1.11 bits per heavy atom. The molecule has 8 heterocycles. The van der Waals surface area contributed by atoms with E-state index in [1.165, 1.54) is 79.5 Å². The van der Waals surface area contributed by atoms with Gasteiger partial charge in [0.1, 0.15) is 12.1 Å². The second kappa shape index (κ2) is 30.1. The molecule has 0 bridgehead atoms. The number of aryl methyl sites for hydroxylation is 6. The molecule has 0 radical (unpaired) electrons. The van der Waals surface area contributed by atoms with Crippen molar-refractivity contribution in [1.82, 2.24) is 29.7 Å². The predicted octanol–water partition coefficient (Wildman–Crippen LogP) is 6.59. The van der Waals surface area contributed by atoms with Crippen LogP contribution in [0.15, 0.2) is 60.9 Å². The average molecular weight is 1030 g/mol. The molecule has 402 valence electrons. The third-order valence-corrected chi connectivity index (χ3v) is 15.9. The number of aliphatic carboxylic acids is 1. The zero-order valence-corrected chi connectivity index (χ0v) is 44.9. The third-order valence-electron chi connectivity index (χ3n) is 15.9. The zero-order valence-electron chi connectivity index (χ0n) is 44.9. The van der Waals surface area contributed by atoms with E-state index in [4.69, 9.17) is 33.7 Å². The number of hydrogen-bond donors (Lipinski definition) is 1. The third kappa shape index (κ3) is 16.0. The standard InChI is InChI=1S/C30H41N3O4.C29H39N3O4.Li.H2O/c1-35-30(34)29(25-11-8-17-31-28(25)27-13-5-7-20-37-27)33-18-16-24(21-33)36-19-6-4-10-23-15-14-22-9-2-3-12-26(22)32-23;33-29(34)28(24-10-7-16-30-27(24)26-12-4-6-19-36-26)32-17-15-23(20-32)35-18-5-3-9-22-14-13-21-8-1-2-11-25(21)31-22;;/h8,11,14-15,17,24,27,29H,2-7,9-10,12-13,16,18-21H2,1H3;7,10,13-14,16,23,26,28H,1-6,8-9,11-12,15,17-20H2,(H,33,34);;1H2/q;;+1;/p-1/t24-,27?,29?;23-,26?,28?;;/m11../s1. The molecule has 4 unspecified atom stereocenters. The van der Waals surface area contributed by atoms with Gasteiger partial charge in [-0.2, -0.15) is 0 Å². The Morgan fingerprint density at radius 3 is 1.57 bits per heavy atom. The van der Waals surface area contributed by atoms with Crippen molar-refractivity contribution in [3.05, 3.63) is 117 Å². The molecule has 0 amide bonds. The van der Waals surface area contributed by atoms with Gasteiger partial charge in [0.05, 0.1) is 42.9 Å². The Balaban J connectivity index is 0.000000213. The summed E-state index contributed by atoms with van der Waals surface area (Å²) in [4.78, 5) is 48.6. The van der Waals surface area contributed by atoms with E-state index in [0.29, 0.717) is 32.8 Å². The van der Waals surface area contributed by atoms with E-state index in [2.05, 4.69) is 39.1 Å². The maximum atomic E-state index is 13.0. The molecule has 10 rings (SSSR count). The molecular formula is C59H81LiN6O9. The molecule has 75 heavy (non-hydrogen) atoms. The summed E-state index contributed by atoms with van der Waals surface area (Å²) in [6.07, 6.45) is 27.3. The van der Waals surface area contributed by atoms with Crippen LogP contribution in [0.2, 0.25) is 0 Å². The molecule has 4 fully saturated rings. The minimum Gasteiger partial charge on any atom is -0.870 e. The predicted molar refractivity (Wildman–Crippen MR) is 280 cm³/mol. The summed E-state index contributed by atoms with van der Waals surface area (Å²) in [6.45, 7) is 5.74. The van der Waals surface area contributed by atoms with E-state index >= 15 is 0 Å². The van der Waals surface area contributed by atoms with E-state index in [1.807, 2.05) is 29.2 Å². The smallest absolute Gasteiger partial charge is 0.870 e. The van der Waals surface area contributed by atoms with Gasteiger partial charge in [0.25, 0.3) is 0 Å². The molecule has 16 heteroatoms. The van der Waals surface area contributed by atoms with Crippen LogP contribution < -0.4 is 18.9 Å². The number of esters is 1. The molecule has 2 N–H and O–H groups in total. The molecule has 0 saturated carbocycles. The Labute approximate surface area is 457 Å². The number of aromatic nitrogens is 4. The van der Waals surface area contributed by atoms with E-state index in [0.717, 1.165) is 145 Å². The molecule has 4 saturated heterocycles. The summed E-state index contributed by atoms with van der Waals surface area (Å²) in [7, 11) is 1.46. The van der Waals surface area contributed by atoms with Gasteiger partial charge in [-0.15, -0.1) is 0 Å². The maximum Gasteiger partial charge on any atom is 1.00 e. The molecule has 2 aliphatic carbocycles. The number of pyridine rings is 4. The van der Waals surface area contributed by atoms with Gasteiger partial charge in [-0.05, 0) is 177 Å². The molecule has 15 nitrogen and oxygen atoms in total. The van der Waals surface area contributed by atoms with Gasteiger partial charge >= 0.3 is 30.8 Å². The Hall–Kier alpha value is -4.14. The normalized spacial score (nSPS) is 22.5. The molecule has 4 aromatic rings. The first-order chi connectivity index (χ1) is 35.9. The molecule has 6 aliphatic rings. The number of ether oxygens (including phenoxy) is 5. The summed E-state index contributed by atoms with van der Waals surface area (Å²) in [5, 5.41) is 10.2. The van der Waals surface area contributed by atoms with E-state index in [-0.39, 0.29) is 54.7 Å². The molecule has 4 aromatic heterocycles. The van der Waals surface area contributed by atoms with Gasteiger partial charge in [0.2, 0.25) is 0 Å². The second-order valence-corrected chi connectivity index (χ2v) is 21.0. The van der Waals surface area contributed by atoms with Crippen molar-refractivity contribution >= 4 is 11.9 Å². The van der Waals surface area contributed by atoms with Crippen LogP contribution in [0.3, 0.4) is 0 Å². The number of carbonyl (C=O) groups excluding carboxylic acids is 1. The fraction of sp³-hybridized carbons (Fsp3) is 0.627. The number of carboxylic acid groups (broad SMARTS) is 1. The van der Waals surface area contributed by atoms with Crippen LogP contribution in [0.5, 0.6) is 0 Å². The number of unbranched alkanes of at least 4 members (excludes halogenated alkanes) is 2. The maximum absolute atomic E-state index is 13.0. The average Bonchev–Trinajstić information content (AvgIpc) is 4.11. The van der Waals surface area contributed by atoms with E-state index in [1.54, 1.807) is 12.4 Å². The van der Waals surface area contributed by atoms with Crippen molar-refractivity contribution in [2.75, 3.05) is 59.7 Å². The summed E-state index contributed by atoms with van der Waals surface area (Å²) in [6, 6.07) is 15.4. The first kappa shape index (κ1) is 58.5. The number of likely N-dealkylation sites (tertiary alicyclic amines) is 2. The molecule has 4 aliphatic heterocycles. The van der Waals surface area contributed by atoms with Crippen molar-refractivity contribution < 1.29 is 62.7 Å². The summed E-state index contributed by atoms with van der Waals surface area (Å²) in [5.41, 5.74) is 11.2. The molecule has 0 aromatic carbocycles. The van der Waals surface area contributed by atoms with Crippen LogP contribution in [0.25, 0.3) is 0 Å². The van der Waals surface area contributed by atoms with Crippen LogP contribution in [0.4, 0.5) is 0 Å². The Kier molecular flexibility index (Phi) is 23.5. The Bertz CT molecular complexity index is 2400. The van der Waals surface area contributed by atoms with Crippen LogP contribution in [0, 0.1) is 0 Å². The van der Waals surface area contributed by atoms with Gasteiger partial charge in [-0.1, -0.05) is 24.3 Å². The fourth-order valence-corrected chi connectivity index (χ4v) is 11.9. The van der Waals surface area contributed by atoms with Crippen molar-refractivity contribution in [3.63, 3.8) is 0 Å². The minimum absolute atomic E-state index is 0. The van der Waals surface area contributed by atoms with Crippen LogP contribution in [-0.2, 0) is 71.8 Å². The first-order valence-corrected chi connectivity index (χ1v) is 28.0. The van der Waals surface area contributed by atoms with Gasteiger partial charge in [-0.3, -0.25) is 34.5 Å². The number of hydrogen-bond acceptors (Lipinski definition) is 14. The van der Waals surface area contributed by atoms with Gasteiger partial charge in [0.15, 0.2) is 0 Å². The SMILES string of the molecule is COC(=O)C(c1cccnc1C1CCCCO1)N1CC[C@@H](OCCCCc2ccc3c(n2)CCCC3)C1.O=C(O)C(c1cccnc1C1CCCCO1)N1CC[C@@H](OCCCCc2ccc3c(n2)CCCC3)C1.[Li+].[OH-]. The van der Waals surface area contributed by atoms with Crippen LogP contribution >= 0.6 is 0 Å². The second-order valence-electron chi connectivity index (χ2n) is 21.0. The Morgan fingerprint density at radius 1 is 0.627 bits per heavy atom. The van der Waals surface area contributed by atoms with Gasteiger partial charge < -0.3 is 34.3 Å². The van der Waals surface area contributed by atoms with E-state index in [9.17, 15) is 14.7 Å². The van der Waals surface area contributed by atoms with Crippen molar-refractivity contribution in [2.24, 2.45) is 0 Å².